The molecule has 4 N–H and O–H groups in total. The lowest BCUT2D eigenvalue weighted by Gasteiger charge is -2.08. The van der Waals surface area contributed by atoms with Gasteiger partial charge in [-0.3, -0.25) is 0 Å². The van der Waals surface area contributed by atoms with Crippen molar-refractivity contribution in [3.63, 3.8) is 0 Å². The molecule has 0 aliphatic heterocycles. The summed E-state index contributed by atoms with van der Waals surface area (Å²) in [7, 11) is -1.82. The van der Waals surface area contributed by atoms with Gasteiger partial charge in [0.2, 0.25) is 0 Å². The fourth-order valence-corrected chi connectivity index (χ4v) is 1.84. The van der Waals surface area contributed by atoms with Crippen molar-refractivity contribution in [2.45, 2.75) is 6.42 Å². The first-order chi connectivity index (χ1) is 9.56. The first-order valence-electron chi connectivity index (χ1n) is 6.19. The van der Waals surface area contributed by atoms with Crippen molar-refractivity contribution in [1.82, 2.24) is 0 Å². The summed E-state index contributed by atoms with van der Waals surface area (Å²) in [6, 6.07) is 11.4. The number of anilines is 1. The highest BCUT2D eigenvalue weighted by Gasteiger charge is 2.16. The Morgan fingerprint density at radius 3 is 2.60 bits per heavy atom. The molecule has 4 nitrogen and oxygen atoms in total. The van der Waals surface area contributed by atoms with Gasteiger partial charge in [0.05, 0.1) is 6.61 Å². The molecule has 0 fully saturated rings. The molecule has 0 bridgehead atoms. The lowest BCUT2D eigenvalue weighted by atomic mass is 9.80. The van der Waals surface area contributed by atoms with Gasteiger partial charge in [-0.2, -0.15) is 0 Å². The van der Waals surface area contributed by atoms with Gasteiger partial charge in [0.15, 0.2) is 0 Å². The number of rotatable bonds is 5. The lowest BCUT2D eigenvalue weighted by Crippen LogP contribution is -2.32. The number of hydrogen-bond donors (Lipinski definition) is 3. The zero-order valence-corrected chi connectivity index (χ0v) is 10.8. The molecule has 20 heavy (non-hydrogen) atoms. The van der Waals surface area contributed by atoms with Crippen LogP contribution in [0.15, 0.2) is 42.5 Å². The van der Waals surface area contributed by atoms with Crippen LogP contribution in [0.3, 0.4) is 0 Å². The van der Waals surface area contributed by atoms with Crippen LogP contribution < -0.4 is 15.9 Å². The molecule has 0 aliphatic rings. The van der Waals surface area contributed by atoms with E-state index in [4.69, 9.17) is 20.5 Å². The molecule has 0 amide bonds. The van der Waals surface area contributed by atoms with Crippen molar-refractivity contribution in [2.75, 3.05) is 12.3 Å². The van der Waals surface area contributed by atoms with E-state index in [1.54, 1.807) is 6.07 Å². The van der Waals surface area contributed by atoms with E-state index in [2.05, 4.69) is 0 Å². The molecule has 6 heteroatoms. The summed E-state index contributed by atoms with van der Waals surface area (Å²) in [6.07, 6.45) is 0.650. The molecule has 0 saturated carbocycles. The molecule has 0 heterocycles. The largest absolute Gasteiger partial charge is 0.493 e. The highest BCUT2D eigenvalue weighted by atomic mass is 19.1. The number of nitrogen functional groups attached to an aromatic ring is 1. The molecular weight excluding hydrogens is 260 g/mol. The summed E-state index contributed by atoms with van der Waals surface area (Å²) >= 11 is 0. The van der Waals surface area contributed by atoms with Gasteiger partial charge in [0.1, 0.15) is 11.6 Å². The molecule has 2 rings (SSSR count). The van der Waals surface area contributed by atoms with Gasteiger partial charge in [0, 0.05) is 23.6 Å². The van der Waals surface area contributed by atoms with Crippen molar-refractivity contribution in [3.8, 4) is 5.75 Å². The topological polar surface area (TPSA) is 75.7 Å². The Labute approximate surface area is 116 Å². The molecule has 0 atom stereocenters. The van der Waals surface area contributed by atoms with Gasteiger partial charge in [-0.25, -0.2) is 4.39 Å². The summed E-state index contributed by atoms with van der Waals surface area (Å²) in [6.45, 7) is 0.379. The molecule has 0 aromatic heterocycles. The van der Waals surface area contributed by atoms with E-state index in [-0.39, 0.29) is 5.46 Å². The van der Waals surface area contributed by atoms with Crippen LogP contribution in [0, 0.1) is 5.82 Å². The molecule has 104 valence electrons. The van der Waals surface area contributed by atoms with E-state index in [0.29, 0.717) is 24.5 Å². The number of hydrogen-bond acceptors (Lipinski definition) is 4. The van der Waals surface area contributed by atoms with Crippen LogP contribution in [0.5, 0.6) is 5.75 Å². The van der Waals surface area contributed by atoms with Crippen molar-refractivity contribution < 1.29 is 19.2 Å². The summed E-state index contributed by atoms with van der Waals surface area (Å²) in [4.78, 5) is 0. The molecule has 0 saturated heterocycles. The van der Waals surface area contributed by atoms with E-state index in [0.717, 1.165) is 11.6 Å². The Hall–Kier alpha value is -2.05. The first kappa shape index (κ1) is 14.4. The Balaban J connectivity index is 1.93. The fourth-order valence-electron chi connectivity index (χ4n) is 1.84. The Morgan fingerprint density at radius 1 is 1.15 bits per heavy atom. The van der Waals surface area contributed by atoms with Crippen molar-refractivity contribution >= 4 is 18.3 Å². The van der Waals surface area contributed by atoms with Crippen LogP contribution in [-0.4, -0.2) is 23.8 Å². The van der Waals surface area contributed by atoms with E-state index in [9.17, 15) is 4.39 Å². The lowest BCUT2D eigenvalue weighted by molar-refractivity contribution is 0.320. The third-order valence-electron chi connectivity index (χ3n) is 2.86. The standard InChI is InChI=1S/C14H15BFNO3/c16-14-9-12(4-5-13(14)15(18)19)20-7-6-10-2-1-3-11(17)8-10/h1-5,8-9,18-19H,6-7,17H2. The third kappa shape index (κ3) is 3.72. The third-order valence-corrected chi connectivity index (χ3v) is 2.86. The normalized spacial score (nSPS) is 10.3. The van der Waals surface area contributed by atoms with Crippen LogP contribution >= 0.6 is 0 Å². The molecule has 2 aromatic carbocycles. The van der Waals surface area contributed by atoms with Crippen molar-refractivity contribution in [2.24, 2.45) is 0 Å². The SMILES string of the molecule is Nc1cccc(CCOc2ccc(B(O)O)c(F)c2)c1. The fraction of sp³-hybridized carbons (Fsp3) is 0.143. The zero-order valence-electron chi connectivity index (χ0n) is 10.8. The Bertz CT molecular complexity index is 592. The van der Waals surface area contributed by atoms with Crippen LogP contribution in [-0.2, 0) is 6.42 Å². The minimum atomic E-state index is -1.82. The van der Waals surface area contributed by atoms with Crippen molar-refractivity contribution in [3.05, 3.63) is 53.8 Å². The van der Waals surface area contributed by atoms with Crippen LogP contribution in [0.1, 0.15) is 5.56 Å². The predicted octanol–water partition coefficient (Wildman–Crippen LogP) is 0.709. The van der Waals surface area contributed by atoms with Gasteiger partial charge in [-0.15, -0.1) is 0 Å². The van der Waals surface area contributed by atoms with E-state index in [1.165, 1.54) is 12.1 Å². The number of benzene rings is 2. The maximum Gasteiger partial charge on any atom is 0.491 e. The molecule has 0 spiro atoms. The molecular formula is C14H15BFNO3. The smallest absolute Gasteiger partial charge is 0.491 e. The summed E-state index contributed by atoms with van der Waals surface area (Å²) in [5, 5.41) is 17.8. The van der Waals surface area contributed by atoms with Gasteiger partial charge in [0.25, 0.3) is 0 Å². The first-order valence-corrected chi connectivity index (χ1v) is 6.19. The minimum Gasteiger partial charge on any atom is -0.493 e. The van der Waals surface area contributed by atoms with Gasteiger partial charge in [-0.1, -0.05) is 18.2 Å². The summed E-state index contributed by atoms with van der Waals surface area (Å²) in [5.41, 5.74) is 7.22. The second-order valence-corrected chi connectivity index (χ2v) is 4.40. The monoisotopic (exact) mass is 275 g/mol. The van der Waals surface area contributed by atoms with E-state index >= 15 is 0 Å². The zero-order chi connectivity index (χ0) is 14.5. The van der Waals surface area contributed by atoms with E-state index < -0.39 is 12.9 Å². The highest BCUT2D eigenvalue weighted by Crippen LogP contribution is 2.13. The molecule has 0 aliphatic carbocycles. The molecule has 0 radical (unpaired) electrons. The van der Waals surface area contributed by atoms with Crippen LogP contribution in [0.25, 0.3) is 0 Å². The molecule has 2 aromatic rings. The number of halogens is 1. The van der Waals surface area contributed by atoms with Crippen molar-refractivity contribution in [1.29, 1.82) is 0 Å². The Morgan fingerprint density at radius 2 is 1.95 bits per heavy atom. The van der Waals surface area contributed by atoms with Crippen LogP contribution in [0.4, 0.5) is 10.1 Å². The van der Waals surface area contributed by atoms with Crippen LogP contribution in [0.2, 0.25) is 0 Å². The van der Waals surface area contributed by atoms with E-state index in [1.807, 2.05) is 18.2 Å². The second kappa shape index (κ2) is 6.41. The quantitative estimate of drug-likeness (QED) is 0.555. The van der Waals surface area contributed by atoms with Gasteiger partial charge < -0.3 is 20.5 Å². The summed E-state index contributed by atoms with van der Waals surface area (Å²) in [5.74, 6) is -0.364. The second-order valence-electron chi connectivity index (χ2n) is 4.40. The van der Waals surface area contributed by atoms with Gasteiger partial charge >= 0.3 is 7.12 Å². The maximum absolute atomic E-state index is 13.5. The number of ether oxygens (including phenoxy) is 1. The number of nitrogens with two attached hydrogens (primary N) is 1. The average Bonchev–Trinajstić information content (AvgIpc) is 2.38. The predicted molar refractivity (Wildman–Crippen MR) is 76.3 cm³/mol. The average molecular weight is 275 g/mol. The maximum atomic E-state index is 13.5. The summed E-state index contributed by atoms with van der Waals surface area (Å²) < 4.78 is 18.9. The Kier molecular flexibility index (Phi) is 4.60. The molecule has 0 unspecified atom stereocenters. The highest BCUT2D eigenvalue weighted by molar-refractivity contribution is 6.58. The minimum absolute atomic E-state index is 0.173. The van der Waals surface area contributed by atoms with Gasteiger partial charge in [-0.05, 0) is 23.8 Å².